The van der Waals surface area contributed by atoms with Crippen molar-refractivity contribution in [3.8, 4) is 0 Å². The van der Waals surface area contributed by atoms with Crippen LogP contribution in [-0.4, -0.2) is 22.8 Å². The molecule has 0 aliphatic heterocycles. The molecule has 96 valence electrons. The summed E-state index contributed by atoms with van der Waals surface area (Å²) in [5.74, 6) is -0.852. The highest BCUT2D eigenvalue weighted by Gasteiger charge is 2.11. The largest absolute Gasteiger partial charge is 0.481 e. The molecule has 0 heterocycles. The van der Waals surface area contributed by atoms with Gasteiger partial charge in [0.2, 0.25) is 0 Å². The lowest BCUT2D eigenvalue weighted by atomic mass is 9.98. The number of aliphatic carboxylic acids is 1. The first-order chi connectivity index (χ1) is 7.70. The Hall–Kier alpha value is -0.570. The fraction of sp³-hybridized carbons (Fsp3) is 0.923. The molecular weight excluding hydrogens is 204 g/mol. The van der Waals surface area contributed by atoms with Crippen molar-refractivity contribution in [2.24, 2.45) is 5.92 Å². The summed E-state index contributed by atoms with van der Waals surface area (Å²) >= 11 is 0. The van der Waals surface area contributed by atoms with E-state index in [0.717, 1.165) is 12.8 Å². The Morgan fingerprint density at radius 3 is 2.12 bits per heavy atom. The van der Waals surface area contributed by atoms with Crippen LogP contribution in [-0.2, 0) is 4.79 Å². The van der Waals surface area contributed by atoms with Crippen molar-refractivity contribution in [1.29, 1.82) is 0 Å². The number of carbonyl (C=O) groups is 1. The third-order valence-electron chi connectivity index (χ3n) is 2.94. The first kappa shape index (κ1) is 15.4. The van der Waals surface area contributed by atoms with Crippen molar-refractivity contribution in [2.75, 3.05) is 6.61 Å². The SMILES string of the molecule is CCCCCCCCCC(CO)CC(=O)O. The van der Waals surface area contributed by atoms with Crippen LogP contribution in [0.4, 0.5) is 0 Å². The topological polar surface area (TPSA) is 57.5 Å². The van der Waals surface area contributed by atoms with Gasteiger partial charge in [0.15, 0.2) is 0 Å². The summed E-state index contributed by atoms with van der Waals surface area (Å²) in [6.45, 7) is 2.21. The van der Waals surface area contributed by atoms with Gasteiger partial charge >= 0.3 is 5.97 Å². The molecule has 16 heavy (non-hydrogen) atoms. The number of carboxylic acid groups (broad SMARTS) is 1. The Kier molecular flexibility index (Phi) is 10.5. The highest BCUT2D eigenvalue weighted by atomic mass is 16.4. The first-order valence-electron chi connectivity index (χ1n) is 6.53. The summed E-state index contributed by atoms with van der Waals surface area (Å²) in [6, 6.07) is 0. The maximum Gasteiger partial charge on any atom is 0.303 e. The number of hydrogen-bond acceptors (Lipinski definition) is 2. The zero-order chi connectivity index (χ0) is 12.2. The second-order valence-electron chi connectivity index (χ2n) is 4.56. The summed E-state index contributed by atoms with van der Waals surface area (Å²) in [4.78, 5) is 10.5. The first-order valence-corrected chi connectivity index (χ1v) is 6.53. The van der Waals surface area contributed by atoms with Crippen molar-refractivity contribution >= 4 is 5.97 Å². The van der Waals surface area contributed by atoms with E-state index in [-0.39, 0.29) is 18.9 Å². The molecule has 0 bridgehead atoms. The minimum absolute atomic E-state index is 0.00212. The van der Waals surface area contributed by atoms with E-state index in [2.05, 4.69) is 6.92 Å². The highest BCUT2D eigenvalue weighted by molar-refractivity contribution is 5.66. The number of hydrogen-bond donors (Lipinski definition) is 2. The molecule has 0 aromatic carbocycles. The maximum absolute atomic E-state index is 10.5. The number of aliphatic hydroxyl groups is 1. The number of carboxylic acids is 1. The lowest BCUT2D eigenvalue weighted by Crippen LogP contribution is -2.11. The van der Waals surface area contributed by atoms with Gasteiger partial charge in [-0.05, 0) is 12.3 Å². The zero-order valence-electron chi connectivity index (χ0n) is 10.5. The lowest BCUT2D eigenvalue weighted by Gasteiger charge is -2.10. The molecule has 0 saturated carbocycles. The number of rotatable bonds is 11. The van der Waals surface area contributed by atoms with Crippen LogP contribution in [0.2, 0.25) is 0 Å². The molecule has 3 heteroatoms. The van der Waals surface area contributed by atoms with Gasteiger partial charge in [-0.2, -0.15) is 0 Å². The second kappa shape index (κ2) is 10.9. The average Bonchev–Trinajstić information content (AvgIpc) is 2.25. The Labute approximate surface area is 98.9 Å². The predicted octanol–water partition coefficient (Wildman–Crippen LogP) is 3.21. The van der Waals surface area contributed by atoms with Crippen LogP contribution in [0.25, 0.3) is 0 Å². The van der Waals surface area contributed by atoms with Gasteiger partial charge in [-0.25, -0.2) is 0 Å². The zero-order valence-corrected chi connectivity index (χ0v) is 10.5. The molecule has 0 saturated heterocycles. The molecule has 1 atom stereocenters. The minimum atomic E-state index is -0.804. The molecule has 0 aromatic rings. The van der Waals surface area contributed by atoms with E-state index in [1.807, 2.05) is 0 Å². The van der Waals surface area contributed by atoms with Crippen LogP contribution in [0.5, 0.6) is 0 Å². The Balaban J connectivity index is 3.31. The standard InChI is InChI=1S/C13H26O3/c1-2-3-4-5-6-7-8-9-12(11-14)10-13(15)16/h12,14H,2-11H2,1H3,(H,15,16). The van der Waals surface area contributed by atoms with E-state index < -0.39 is 5.97 Å². The fourth-order valence-corrected chi connectivity index (χ4v) is 1.89. The molecule has 0 spiro atoms. The molecule has 2 N–H and O–H groups in total. The van der Waals surface area contributed by atoms with E-state index in [0.29, 0.717) is 0 Å². The second-order valence-corrected chi connectivity index (χ2v) is 4.56. The Bertz CT molecular complexity index is 169. The van der Waals surface area contributed by atoms with Crippen LogP contribution in [0.15, 0.2) is 0 Å². The third-order valence-corrected chi connectivity index (χ3v) is 2.94. The summed E-state index contributed by atoms with van der Waals surface area (Å²) in [5, 5.41) is 17.6. The van der Waals surface area contributed by atoms with Gasteiger partial charge in [0.05, 0.1) is 6.42 Å². The van der Waals surface area contributed by atoms with Crippen molar-refractivity contribution in [3.05, 3.63) is 0 Å². The molecule has 0 radical (unpaired) electrons. The average molecular weight is 230 g/mol. The molecule has 0 rings (SSSR count). The quantitative estimate of drug-likeness (QED) is 0.536. The molecule has 3 nitrogen and oxygen atoms in total. The molecule has 0 aliphatic rings. The van der Waals surface area contributed by atoms with Gasteiger partial charge in [0.1, 0.15) is 0 Å². The van der Waals surface area contributed by atoms with Crippen molar-refractivity contribution in [3.63, 3.8) is 0 Å². The normalized spacial score (nSPS) is 12.6. The van der Waals surface area contributed by atoms with E-state index in [9.17, 15) is 4.79 Å². The summed E-state index contributed by atoms with van der Waals surface area (Å²) in [5.41, 5.74) is 0. The molecule has 0 aliphatic carbocycles. The number of unbranched alkanes of at least 4 members (excludes halogenated alkanes) is 6. The van der Waals surface area contributed by atoms with Crippen LogP contribution in [0.3, 0.4) is 0 Å². The highest BCUT2D eigenvalue weighted by Crippen LogP contribution is 2.15. The molecule has 0 fully saturated rings. The monoisotopic (exact) mass is 230 g/mol. The minimum Gasteiger partial charge on any atom is -0.481 e. The lowest BCUT2D eigenvalue weighted by molar-refractivity contribution is -0.138. The molecule has 0 amide bonds. The van der Waals surface area contributed by atoms with E-state index in [1.165, 1.54) is 38.5 Å². The fourth-order valence-electron chi connectivity index (χ4n) is 1.89. The summed E-state index contributed by atoms with van der Waals surface area (Å²) < 4.78 is 0. The van der Waals surface area contributed by atoms with E-state index in [1.54, 1.807) is 0 Å². The van der Waals surface area contributed by atoms with E-state index in [4.69, 9.17) is 10.2 Å². The smallest absolute Gasteiger partial charge is 0.303 e. The van der Waals surface area contributed by atoms with Crippen LogP contribution >= 0.6 is 0 Å². The van der Waals surface area contributed by atoms with Gasteiger partial charge < -0.3 is 10.2 Å². The predicted molar refractivity (Wildman–Crippen MR) is 65.4 cm³/mol. The molecule has 1 unspecified atom stereocenters. The van der Waals surface area contributed by atoms with Crippen molar-refractivity contribution in [2.45, 2.75) is 64.7 Å². The van der Waals surface area contributed by atoms with Gasteiger partial charge in [-0.1, -0.05) is 51.9 Å². The maximum atomic E-state index is 10.5. The van der Waals surface area contributed by atoms with Crippen molar-refractivity contribution in [1.82, 2.24) is 0 Å². The van der Waals surface area contributed by atoms with Crippen LogP contribution < -0.4 is 0 Å². The Morgan fingerprint density at radius 1 is 1.06 bits per heavy atom. The number of aliphatic hydroxyl groups excluding tert-OH is 1. The van der Waals surface area contributed by atoms with Gasteiger partial charge in [-0.15, -0.1) is 0 Å². The summed E-state index contributed by atoms with van der Waals surface area (Å²) in [6.07, 6.45) is 9.59. The van der Waals surface area contributed by atoms with E-state index >= 15 is 0 Å². The van der Waals surface area contributed by atoms with Gasteiger partial charge in [0.25, 0.3) is 0 Å². The van der Waals surface area contributed by atoms with Crippen LogP contribution in [0, 0.1) is 5.92 Å². The molecular formula is C13H26O3. The Morgan fingerprint density at radius 2 is 1.62 bits per heavy atom. The summed E-state index contributed by atoms with van der Waals surface area (Å²) in [7, 11) is 0. The van der Waals surface area contributed by atoms with Gasteiger partial charge in [-0.3, -0.25) is 4.79 Å². The van der Waals surface area contributed by atoms with Crippen LogP contribution in [0.1, 0.15) is 64.7 Å². The van der Waals surface area contributed by atoms with Gasteiger partial charge in [0, 0.05) is 6.61 Å². The van der Waals surface area contributed by atoms with Crippen molar-refractivity contribution < 1.29 is 15.0 Å². The third kappa shape index (κ3) is 9.97. The molecule has 0 aromatic heterocycles.